The fourth-order valence-corrected chi connectivity index (χ4v) is 2.88. The van der Waals surface area contributed by atoms with E-state index < -0.39 is 0 Å². The summed E-state index contributed by atoms with van der Waals surface area (Å²) < 4.78 is 10.7. The van der Waals surface area contributed by atoms with Gasteiger partial charge in [-0.2, -0.15) is 0 Å². The average Bonchev–Trinajstić information content (AvgIpc) is 2.40. The van der Waals surface area contributed by atoms with Crippen LogP contribution in [0.1, 0.15) is 51.9 Å². The zero-order valence-electron chi connectivity index (χ0n) is 12.3. The third-order valence-corrected chi connectivity index (χ3v) is 4.05. The van der Waals surface area contributed by atoms with Gasteiger partial charge in [-0.05, 0) is 37.6 Å². The number of ether oxygens (including phenoxy) is 2. The Balaban J connectivity index is 2.25. The lowest BCUT2D eigenvalue weighted by Gasteiger charge is -2.37. The van der Waals surface area contributed by atoms with Crippen molar-refractivity contribution in [1.82, 2.24) is 5.32 Å². The number of nitrogens with one attached hydrogen (secondary N) is 1. The Kier molecular flexibility index (Phi) is 8.64. The van der Waals surface area contributed by atoms with Gasteiger partial charge in [0.25, 0.3) is 0 Å². The second-order valence-electron chi connectivity index (χ2n) is 5.59. The molecule has 0 aromatic carbocycles. The van der Waals surface area contributed by atoms with E-state index in [0.717, 1.165) is 19.8 Å². The summed E-state index contributed by atoms with van der Waals surface area (Å²) in [5, 5.41) is 3.62. The minimum Gasteiger partial charge on any atom is -0.382 e. The highest BCUT2D eigenvalue weighted by molar-refractivity contribution is 4.84. The molecule has 0 atom stereocenters. The first-order valence-corrected chi connectivity index (χ1v) is 7.60. The van der Waals surface area contributed by atoms with E-state index in [2.05, 4.69) is 12.2 Å². The Hall–Kier alpha value is -0.120. The highest BCUT2D eigenvalue weighted by Gasteiger charge is 2.31. The highest BCUT2D eigenvalue weighted by atomic mass is 16.5. The Morgan fingerprint density at radius 1 is 1.06 bits per heavy atom. The number of hydrogen-bond acceptors (Lipinski definition) is 3. The van der Waals surface area contributed by atoms with Crippen LogP contribution in [0.3, 0.4) is 0 Å². The standard InChI is InChI=1S/C15H31NO2/c1-3-10-16-14-15(7-5-4-6-8-15)9-11-18-13-12-17-2/h16H,3-14H2,1-2H3. The van der Waals surface area contributed by atoms with Crippen molar-refractivity contribution in [2.75, 3.05) is 40.0 Å². The van der Waals surface area contributed by atoms with E-state index in [0.29, 0.717) is 12.0 Å². The van der Waals surface area contributed by atoms with Crippen LogP contribution in [-0.2, 0) is 9.47 Å². The Morgan fingerprint density at radius 2 is 1.83 bits per heavy atom. The minimum absolute atomic E-state index is 0.500. The van der Waals surface area contributed by atoms with Gasteiger partial charge in [0.2, 0.25) is 0 Å². The molecule has 0 spiro atoms. The summed E-state index contributed by atoms with van der Waals surface area (Å²) in [5.41, 5.74) is 0.500. The van der Waals surface area contributed by atoms with E-state index in [-0.39, 0.29) is 0 Å². The van der Waals surface area contributed by atoms with Crippen molar-refractivity contribution in [3.63, 3.8) is 0 Å². The maximum absolute atomic E-state index is 5.66. The van der Waals surface area contributed by atoms with E-state index >= 15 is 0 Å². The Morgan fingerprint density at radius 3 is 2.50 bits per heavy atom. The lowest BCUT2D eigenvalue weighted by atomic mass is 9.72. The SMILES string of the molecule is CCCNCC1(CCOCCOC)CCCCC1. The van der Waals surface area contributed by atoms with Crippen molar-refractivity contribution in [1.29, 1.82) is 0 Å². The van der Waals surface area contributed by atoms with Gasteiger partial charge in [0.05, 0.1) is 13.2 Å². The fraction of sp³-hybridized carbons (Fsp3) is 1.00. The van der Waals surface area contributed by atoms with Crippen molar-refractivity contribution in [3.05, 3.63) is 0 Å². The zero-order chi connectivity index (χ0) is 13.1. The third-order valence-electron chi connectivity index (χ3n) is 4.05. The molecule has 0 bridgehead atoms. The van der Waals surface area contributed by atoms with Crippen LogP contribution in [0, 0.1) is 5.41 Å². The Labute approximate surface area is 113 Å². The van der Waals surface area contributed by atoms with Gasteiger partial charge >= 0.3 is 0 Å². The van der Waals surface area contributed by atoms with Gasteiger partial charge in [-0.1, -0.05) is 26.2 Å². The molecule has 1 rings (SSSR count). The molecule has 0 unspecified atom stereocenters. The van der Waals surface area contributed by atoms with E-state index in [1.54, 1.807) is 7.11 Å². The lowest BCUT2D eigenvalue weighted by molar-refractivity contribution is 0.0414. The van der Waals surface area contributed by atoms with Gasteiger partial charge in [-0.25, -0.2) is 0 Å². The van der Waals surface area contributed by atoms with Crippen LogP contribution in [0.2, 0.25) is 0 Å². The summed E-state index contributed by atoms with van der Waals surface area (Å²) in [4.78, 5) is 0. The van der Waals surface area contributed by atoms with Gasteiger partial charge in [0, 0.05) is 20.3 Å². The molecule has 1 aliphatic carbocycles. The van der Waals surface area contributed by atoms with Crippen LogP contribution in [0.4, 0.5) is 0 Å². The number of hydrogen-bond donors (Lipinski definition) is 1. The molecule has 0 aliphatic heterocycles. The summed E-state index contributed by atoms with van der Waals surface area (Å²) in [7, 11) is 1.72. The van der Waals surface area contributed by atoms with Crippen molar-refractivity contribution < 1.29 is 9.47 Å². The van der Waals surface area contributed by atoms with E-state index in [4.69, 9.17) is 9.47 Å². The first-order valence-electron chi connectivity index (χ1n) is 7.60. The van der Waals surface area contributed by atoms with E-state index in [1.165, 1.54) is 51.5 Å². The molecule has 3 heteroatoms. The summed E-state index contributed by atoms with van der Waals surface area (Å²) in [6, 6.07) is 0. The Bertz CT molecular complexity index is 191. The molecule has 0 aromatic rings. The number of rotatable bonds is 10. The summed E-state index contributed by atoms with van der Waals surface area (Å²) in [6.07, 6.45) is 9.38. The lowest BCUT2D eigenvalue weighted by Crippen LogP contribution is -2.37. The monoisotopic (exact) mass is 257 g/mol. The first kappa shape index (κ1) is 15.9. The summed E-state index contributed by atoms with van der Waals surface area (Å²) in [5.74, 6) is 0. The molecule has 1 N–H and O–H groups in total. The van der Waals surface area contributed by atoms with Crippen LogP contribution >= 0.6 is 0 Å². The predicted octanol–water partition coefficient (Wildman–Crippen LogP) is 2.99. The maximum Gasteiger partial charge on any atom is 0.0700 e. The van der Waals surface area contributed by atoms with Crippen molar-refractivity contribution in [2.24, 2.45) is 5.41 Å². The topological polar surface area (TPSA) is 30.5 Å². The largest absolute Gasteiger partial charge is 0.382 e. The summed E-state index contributed by atoms with van der Waals surface area (Å²) >= 11 is 0. The first-order chi connectivity index (χ1) is 8.83. The zero-order valence-corrected chi connectivity index (χ0v) is 12.3. The molecule has 1 saturated carbocycles. The second-order valence-corrected chi connectivity index (χ2v) is 5.59. The van der Waals surface area contributed by atoms with Gasteiger partial charge in [-0.15, -0.1) is 0 Å². The van der Waals surface area contributed by atoms with Gasteiger partial charge in [-0.3, -0.25) is 0 Å². The molecule has 1 fully saturated rings. The normalized spacial score (nSPS) is 19.0. The van der Waals surface area contributed by atoms with Gasteiger partial charge in [0.1, 0.15) is 0 Å². The van der Waals surface area contributed by atoms with Crippen molar-refractivity contribution >= 4 is 0 Å². The van der Waals surface area contributed by atoms with Crippen LogP contribution < -0.4 is 5.32 Å². The molecule has 0 heterocycles. The quantitative estimate of drug-likeness (QED) is 0.610. The van der Waals surface area contributed by atoms with Crippen molar-refractivity contribution in [3.8, 4) is 0 Å². The van der Waals surface area contributed by atoms with E-state index in [9.17, 15) is 0 Å². The summed E-state index contributed by atoms with van der Waals surface area (Å²) in [6.45, 7) is 6.88. The van der Waals surface area contributed by atoms with Crippen LogP contribution in [0.5, 0.6) is 0 Å². The van der Waals surface area contributed by atoms with Gasteiger partial charge < -0.3 is 14.8 Å². The average molecular weight is 257 g/mol. The second kappa shape index (κ2) is 9.76. The van der Waals surface area contributed by atoms with Crippen LogP contribution in [-0.4, -0.2) is 40.0 Å². The molecule has 0 saturated heterocycles. The molecule has 1 aliphatic rings. The third kappa shape index (κ3) is 6.17. The molecular formula is C15H31NO2. The fourth-order valence-electron chi connectivity index (χ4n) is 2.88. The molecular weight excluding hydrogens is 226 g/mol. The predicted molar refractivity (Wildman–Crippen MR) is 76.0 cm³/mol. The van der Waals surface area contributed by atoms with E-state index in [1.807, 2.05) is 0 Å². The molecule has 0 amide bonds. The molecule has 0 radical (unpaired) electrons. The molecule has 108 valence electrons. The van der Waals surface area contributed by atoms with Crippen LogP contribution in [0.15, 0.2) is 0 Å². The smallest absolute Gasteiger partial charge is 0.0700 e. The van der Waals surface area contributed by atoms with Crippen molar-refractivity contribution in [2.45, 2.75) is 51.9 Å². The molecule has 18 heavy (non-hydrogen) atoms. The maximum atomic E-state index is 5.66. The number of methoxy groups -OCH3 is 1. The van der Waals surface area contributed by atoms with Gasteiger partial charge in [0.15, 0.2) is 0 Å². The highest BCUT2D eigenvalue weighted by Crippen LogP contribution is 2.38. The van der Waals surface area contributed by atoms with Crippen LogP contribution in [0.25, 0.3) is 0 Å². The minimum atomic E-state index is 0.500. The molecule has 3 nitrogen and oxygen atoms in total. The molecule has 0 aromatic heterocycles.